The van der Waals surface area contributed by atoms with E-state index in [9.17, 15) is 9.18 Å². The van der Waals surface area contributed by atoms with Crippen LogP contribution >= 0.6 is 0 Å². The molecule has 2 aromatic heterocycles. The van der Waals surface area contributed by atoms with Gasteiger partial charge >= 0.3 is 0 Å². The molecule has 8 nitrogen and oxygen atoms in total. The summed E-state index contributed by atoms with van der Waals surface area (Å²) in [5.41, 5.74) is 2.03. The summed E-state index contributed by atoms with van der Waals surface area (Å²) < 4.78 is 27.4. The van der Waals surface area contributed by atoms with Gasteiger partial charge in [0.05, 0.1) is 11.7 Å². The van der Waals surface area contributed by atoms with E-state index >= 15 is 0 Å². The fourth-order valence-electron chi connectivity index (χ4n) is 4.26. The van der Waals surface area contributed by atoms with Crippen LogP contribution in [0.25, 0.3) is 16.8 Å². The number of halogens is 1. The normalized spacial score (nSPS) is 23.8. The van der Waals surface area contributed by atoms with E-state index in [1.165, 1.54) is 12.1 Å². The quantitative estimate of drug-likeness (QED) is 0.661. The molecule has 1 amide bonds. The number of nitrogens with one attached hydrogen (secondary N) is 1. The van der Waals surface area contributed by atoms with Crippen LogP contribution in [-0.4, -0.2) is 63.9 Å². The molecule has 0 radical (unpaired) electrons. The van der Waals surface area contributed by atoms with Gasteiger partial charge in [0.15, 0.2) is 5.65 Å². The van der Waals surface area contributed by atoms with E-state index in [0.717, 1.165) is 0 Å². The van der Waals surface area contributed by atoms with Crippen LogP contribution in [0, 0.1) is 5.82 Å². The Labute approximate surface area is 174 Å². The van der Waals surface area contributed by atoms with Gasteiger partial charge in [-0.3, -0.25) is 4.79 Å². The van der Waals surface area contributed by atoms with Crippen molar-refractivity contribution in [1.82, 2.24) is 19.5 Å². The number of benzene rings is 1. The maximum Gasteiger partial charge on any atom is 0.252 e. The molecule has 4 bridgehead atoms. The van der Waals surface area contributed by atoms with Crippen molar-refractivity contribution in [3.8, 4) is 17.0 Å². The zero-order valence-corrected chi connectivity index (χ0v) is 16.8. The van der Waals surface area contributed by atoms with Crippen LogP contribution in [0.15, 0.2) is 36.7 Å². The average molecular weight is 413 g/mol. The molecule has 2 aliphatic heterocycles. The molecule has 0 saturated carbocycles. The van der Waals surface area contributed by atoms with Crippen molar-refractivity contribution in [2.75, 3.05) is 32.1 Å². The number of amides is 1. The highest BCUT2D eigenvalue weighted by molar-refractivity contribution is 5.84. The maximum absolute atomic E-state index is 14.3. The molecule has 9 heteroatoms. The van der Waals surface area contributed by atoms with E-state index in [-0.39, 0.29) is 19.8 Å². The lowest BCUT2D eigenvalue weighted by Crippen LogP contribution is -2.49. The molecular formula is C21H24FN5O3. The zero-order valence-electron chi connectivity index (χ0n) is 16.8. The summed E-state index contributed by atoms with van der Waals surface area (Å²) >= 11 is 0. The van der Waals surface area contributed by atoms with Crippen LogP contribution in [0.4, 0.5) is 10.1 Å². The van der Waals surface area contributed by atoms with Crippen molar-refractivity contribution < 1.29 is 20.1 Å². The minimum absolute atomic E-state index is 0. The van der Waals surface area contributed by atoms with Crippen molar-refractivity contribution in [3.05, 3.63) is 42.5 Å². The van der Waals surface area contributed by atoms with Crippen molar-refractivity contribution in [2.45, 2.75) is 25.0 Å². The Bertz CT molecular complexity index is 1140. The molecule has 1 fully saturated rings. The first-order valence-corrected chi connectivity index (χ1v) is 9.83. The summed E-state index contributed by atoms with van der Waals surface area (Å²) in [5.74, 6) is -0.0140. The summed E-state index contributed by atoms with van der Waals surface area (Å²) in [4.78, 5) is 19.2. The Hall–Kier alpha value is -3.20. The molecule has 2 atom stereocenters. The van der Waals surface area contributed by atoms with Gasteiger partial charge in [0.25, 0.3) is 5.91 Å². The molecule has 3 aromatic rings. The predicted octanol–water partition coefficient (Wildman–Crippen LogP) is 2.59. The van der Waals surface area contributed by atoms with Gasteiger partial charge in [-0.05, 0) is 30.7 Å². The number of methoxy groups -OCH3 is 1. The van der Waals surface area contributed by atoms with E-state index in [1.807, 2.05) is 13.0 Å². The van der Waals surface area contributed by atoms with Crippen molar-refractivity contribution in [2.24, 2.45) is 0 Å². The highest BCUT2D eigenvalue weighted by Gasteiger charge is 2.48. The first kappa shape index (κ1) is 18.8. The SMILES string of the molecule is CO[C@@H]1CC2(C)COc3ccn4ncc(c4n3)-c3cc(F)cc(c3)NCCN2C1=O.[HH]. The van der Waals surface area contributed by atoms with E-state index in [2.05, 4.69) is 15.4 Å². The zero-order chi connectivity index (χ0) is 20.9. The Morgan fingerprint density at radius 3 is 3.10 bits per heavy atom. The Balaban J connectivity index is 0.00000231. The summed E-state index contributed by atoms with van der Waals surface area (Å²) in [6.45, 7) is 3.17. The van der Waals surface area contributed by atoms with Crippen LogP contribution in [-0.2, 0) is 9.53 Å². The molecule has 1 unspecified atom stereocenters. The lowest BCUT2D eigenvalue weighted by molar-refractivity contribution is -0.138. The number of hydrogen-bond acceptors (Lipinski definition) is 6. The fourth-order valence-corrected chi connectivity index (χ4v) is 4.26. The molecule has 1 saturated heterocycles. The minimum Gasteiger partial charge on any atom is -0.475 e. The summed E-state index contributed by atoms with van der Waals surface area (Å²) in [7, 11) is 1.54. The van der Waals surface area contributed by atoms with E-state index in [1.54, 1.807) is 35.0 Å². The third-order valence-corrected chi connectivity index (χ3v) is 5.85. The van der Waals surface area contributed by atoms with Crippen molar-refractivity contribution in [1.29, 1.82) is 0 Å². The fraction of sp³-hybridized carbons (Fsp3) is 0.381. The highest BCUT2D eigenvalue weighted by atomic mass is 19.1. The van der Waals surface area contributed by atoms with Crippen molar-refractivity contribution >= 4 is 17.2 Å². The number of nitrogens with zero attached hydrogens (tertiary/aromatic N) is 4. The van der Waals surface area contributed by atoms with Crippen LogP contribution in [0.5, 0.6) is 5.88 Å². The second-order valence-corrected chi connectivity index (χ2v) is 7.95. The molecule has 4 heterocycles. The first-order chi connectivity index (χ1) is 14.5. The van der Waals surface area contributed by atoms with Gasteiger partial charge in [0.1, 0.15) is 18.5 Å². The average Bonchev–Trinajstić information content (AvgIpc) is 3.25. The van der Waals surface area contributed by atoms with Gasteiger partial charge < -0.3 is 19.7 Å². The number of hydrogen-bond donors (Lipinski definition) is 1. The number of fused-ring (bicyclic) bond motifs is 5. The molecule has 1 aromatic carbocycles. The van der Waals surface area contributed by atoms with E-state index < -0.39 is 11.6 Å². The summed E-state index contributed by atoms with van der Waals surface area (Å²) in [6.07, 6.45) is 3.43. The number of carbonyl (C=O) groups is 1. The molecule has 158 valence electrons. The molecule has 1 N–H and O–H groups in total. The standard InChI is InChI=1S/C21H22FN5O3.H2/c1-21-10-17(29-2)20(28)26(21)6-4-23-15-8-13(7-14(22)9-15)16-11-24-27-5-3-18(30-12-21)25-19(16)27;/h3,5,7-9,11,17,23H,4,6,10,12H2,1-2H3;1H/t17-,21?;/m1./s1. The summed E-state index contributed by atoms with van der Waals surface area (Å²) in [6, 6.07) is 6.47. The predicted molar refractivity (Wildman–Crippen MR) is 110 cm³/mol. The molecule has 5 rings (SSSR count). The van der Waals surface area contributed by atoms with Crippen LogP contribution in [0.2, 0.25) is 0 Å². The maximum atomic E-state index is 14.3. The van der Waals surface area contributed by atoms with Crippen molar-refractivity contribution in [3.63, 3.8) is 0 Å². The van der Waals surface area contributed by atoms with E-state index in [0.29, 0.717) is 47.9 Å². The van der Waals surface area contributed by atoms with Crippen LogP contribution < -0.4 is 10.1 Å². The largest absolute Gasteiger partial charge is 0.475 e. The number of anilines is 1. The molecule has 0 spiro atoms. The first-order valence-electron chi connectivity index (χ1n) is 9.83. The second-order valence-electron chi connectivity index (χ2n) is 7.95. The lowest BCUT2D eigenvalue weighted by atomic mass is 9.99. The third-order valence-electron chi connectivity index (χ3n) is 5.85. The molecule has 2 aliphatic rings. The van der Waals surface area contributed by atoms with Crippen LogP contribution in [0.1, 0.15) is 14.8 Å². The van der Waals surface area contributed by atoms with E-state index in [4.69, 9.17) is 9.47 Å². The summed E-state index contributed by atoms with van der Waals surface area (Å²) in [5, 5.41) is 7.55. The van der Waals surface area contributed by atoms with Gasteiger partial charge in [-0.2, -0.15) is 10.1 Å². The number of ether oxygens (including phenoxy) is 2. The van der Waals surface area contributed by atoms with Crippen LogP contribution in [0.3, 0.4) is 0 Å². The second kappa shape index (κ2) is 6.94. The monoisotopic (exact) mass is 413 g/mol. The van der Waals surface area contributed by atoms with Gasteiger partial charge in [-0.15, -0.1) is 0 Å². The lowest BCUT2D eigenvalue weighted by Gasteiger charge is -2.34. The highest BCUT2D eigenvalue weighted by Crippen LogP contribution is 2.33. The topological polar surface area (TPSA) is 81.0 Å². The number of carbonyl (C=O) groups excluding carboxylic acids is 1. The van der Waals surface area contributed by atoms with Gasteiger partial charge in [-0.25, -0.2) is 8.91 Å². The van der Waals surface area contributed by atoms with Gasteiger partial charge in [-0.1, -0.05) is 0 Å². The Morgan fingerprint density at radius 2 is 2.27 bits per heavy atom. The molecular weight excluding hydrogens is 389 g/mol. The molecule has 0 aliphatic carbocycles. The Kier molecular flexibility index (Phi) is 4.35. The smallest absolute Gasteiger partial charge is 0.252 e. The molecule has 30 heavy (non-hydrogen) atoms. The minimum atomic E-state index is -0.548. The number of aromatic nitrogens is 3. The Morgan fingerprint density at radius 1 is 1.40 bits per heavy atom. The number of rotatable bonds is 1. The van der Waals surface area contributed by atoms with Gasteiger partial charge in [0, 0.05) is 51.6 Å². The third kappa shape index (κ3) is 3.06. The van der Waals surface area contributed by atoms with Gasteiger partial charge in [0.2, 0.25) is 5.88 Å².